The molecule has 0 atom stereocenters. The van der Waals surface area contributed by atoms with Gasteiger partial charge in [0.15, 0.2) is 0 Å². The normalized spacial score (nSPS) is 16.3. The molecule has 2 rings (SSSR count). The highest BCUT2D eigenvalue weighted by atomic mass is 32.1. The van der Waals surface area contributed by atoms with Crippen LogP contribution in [0, 0.1) is 0 Å². The van der Waals surface area contributed by atoms with Crippen LogP contribution in [0.1, 0.15) is 34.7 Å². The van der Waals surface area contributed by atoms with Crippen LogP contribution in [0.3, 0.4) is 0 Å². The Kier molecular flexibility index (Phi) is 1.58. The molecule has 1 aromatic heterocycles. The lowest BCUT2D eigenvalue weighted by Gasteiger charge is -1.96. The number of thiophene rings is 1. The molecule has 1 heterocycles. The van der Waals surface area contributed by atoms with Gasteiger partial charge in [0.05, 0.1) is 5.56 Å². The fourth-order valence-corrected chi connectivity index (χ4v) is 2.20. The minimum absolute atomic E-state index is 0.336. The van der Waals surface area contributed by atoms with Crippen LogP contribution >= 0.6 is 11.3 Å². The van der Waals surface area contributed by atoms with E-state index in [9.17, 15) is 4.79 Å². The second-order valence-corrected chi connectivity index (χ2v) is 3.92. The maximum Gasteiger partial charge on any atom is 0.338 e. The third kappa shape index (κ3) is 1.08. The Morgan fingerprint density at radius 1 is 1.67 bits per heavy atom. The minimum atomic E-state index is -0.893. The molecule has 0 aliphatic heterocycles. The molecule has 0 radical (unpaired) electrons. The lowest BCUT2D eigenvalue weighted by molar-refractivity contribution is 0.0697. The van der Waals surface area contributed by atoms with E-state index in [0.717, 1.165) is 18.4 Å². The van der Waals surface area contributed by atoms with Crippen molar-refractivity contribution in [3.63, 3.8) is 0 Å². The molecular formula is C8H9NO2S. The van der Waals surface area contributed by atoms with Gasteiger partial charge in [0.1, 0.15) is 5.00 Å². The second kappa shape index (κ2) is 2.48. The van der Waals surface area contributed by atoms with Crippen molar-refractivity contribution in [3.05, 3.63) is 16.5 Å². The van der Waals surface area contributed by atoms with Crippen molar-refractivity contribution in [2.45, 2.75) is 18.8 Å². The van der Waals surface area contributed by atoms with E-state index in [1.807, 2.05) is 5.38 Å². The first kappa shape index (κ1) is 7.61. The molecule has 0 bridgehead atoms. The van der Waals surface area contributed by atoms with Gasteiger partial charge >= 0.3 is 5.97 Å². The molecule has 0 spiro atoms. The van der Waals surface area contributed by atoms with Crippen molar-refractivity contribution >= 4 is 22.3 Å². The standard InChI is InChI=1S/C8H9NO2S/c9-7-6(8(10)11)5(3-12-7)4-1-2-4/h3-4H,1-2,9H2,(H,10,11). The number of carbonyl (C=O) groups is 1. The molecule has 1 aromatic rings. The Balaban J connectivity index is 2.46. The van der Waals surface area contributed by atoms with Gasteiger partial charge in [-0.1, -0.05) is 0 Å². The summed E-state index contributed by atoms with van der Waals surface area (Å²) in [5.74, 6) is -0.430. The molecule has 1 aliphatic rings. The van der Waals surface area contributed by atoms with Crippen LogP contribution in [-0.2, 0) is 0 Å². The molecule has 1 saturated carbocycles. The molecule has 3 nitrogen and oxygen atoms in total. The highest BCUT2D eigenvalue weighted by Gasteiger charge is 2.30. The van der Waals surface area contributed by atoms with E-state index in [4.69, 9.17) is 10.8 Å². The molecule has 0 saturated heterocycles. The summed E-state index contributed by atoms with van der Waals surface area (Å²) in [4.78, 5) is 10.8. The van der Waals surface area contributed by atoms with Gasteiger partial charge in [-0.15, -0.1) is 11.3 Å². The Morgan fingerprint density at radius 2 is 2.33 bits per heavy atom. The van der Waals surface area contributed by atoms with E-state index in [1.54, 1.807) is 0 Å². The molecule has 0 unspecified atom stereocenters. The molecule has 12 heavy (non-hydrogen) atoms. The highest BCUT2D eigenvalue weighted by molar-refractivity contribution is 7.14. The molecule has 0 aromatic carbocycles. The van der Waals surface area contributed by atoms with E-state index >= 15 is 0 Å². The maximum absolute atomic E-state index is 10.8. The summed E-state index contributed by atoms with van der Waals surface area (Å²) in [6, 6.07) is 0. The number of aromatic carboxylic acids is 1. The number of carboxylic acids is 1. The lowest BCUT2D eigenvalue weighted by atomic mass is 10.1. The average molecular weight is 183 g/mol. The second-order valence-electron chi connectivity index (χ2n) is 3.01. The summed E-state index contributed by atoms with van der Waals surface area (Å²) in [5, 5.41) is 11.1. The number of hydrogen-bond donors (Lipinski definition) is 2. The van der Waals surface area contributed by atoms with Gasteiger partial charge in [-0.2, -0.15) is 0 Å². The van der Waals surface area contributed by atoms with E-state index in [0.29, 0.717) is 16.5 Å². The molecule has 0 amide bonds. The van der Waals surface area contributed by atoms with Crippen molar-refractivity contribution in [2.75, 3.05) is 5.73 Å². The average Bonchev–Trinajstić information content (AvgIpc) is 2.75. The van der Waals surface area contributed by atoms with Gasteiger partial charge < -0.3 is 10.8 Å². The predicted molar refractivity (Wildman–Crippen MR) is 47.7 cm³/mol. The molecule has 3 N–H and O–H groups in total. The third-order valence-electron chi connectivity index (χ3n) is 2.08. The number of rotatable bonds is 2. The van der Waals surface area contributed by atoms with Crippen molar-refractivity contribution in [1.82, 2.24) is 0 Å². The summed E-state index contributed by atoms with van der Waals surface area (Å²) >= 11 is 1.32. The number of nitrogens with two attached hydrogens (primary N) is 1. The minimum Gasteiger partial charge on any atom is -0.478 e. The van der Waals surface area contributed by atoms with Crippen LogP contribution in [0.5, 0.6) is 0 Å². The summed E-state index contributed by atoms with van der Waals surface area (Å²) in [5.41, 5.74) is 6.82. The Labute approximate surface area is 73.8 Å². The quantitative estimate of drug-likeness (QED) is 0.736. The van der Waals surface area contributed by atoms with Gasteiger partial charge in [0, 0.05) is 0 Å². The van der Waals surface area contributed by atoms with E-state index in [-0.39, 0.29) is 0 Å². The first-order valence-corrected chi connectivity index (χ1v) is 4.68. The van der Waals surface area contributed by atoms with Crippen molar-refractivity contribution in [1.29, 1.82) is 0 Å². The molecule has 1 fully saturated rings. The topological polar surface area (TPSA) is 63.3 Å². The van der Waals surface area contributed by atoms with E-state index < -0.39 is 5.97 Å². The van der Waals surface area contributed by atoms with Gasteiger partial charge in [0.25, 0.3) is 0 Å². The maximum atomic E-state index is 10.8. The predicted octanol–water partition coefficient (Wildman–Crippen LogP) is 1.91. The molecule has 4 heteroatoms. The Hall–Kier alpha value is -1.03. The van der Waals surface area contributed by atoms with Crippen molar-refractivity contribution in [3.8, 4) is 0 Å². The SMILES string of the molecule is Nc1scc(C2CC2)c1C(=O)O. The van der Waals surface area contributed by atoms with Crippen LogP contribution in [0.15, 0.2) is 5.38 Å². The van der Waals surface area contributed by atoms with E-state index in [2.05, 4.69) is 0 Å². The Morgan fingerprint density at radius 3 is 2.83 bits per heavy atom. The number of hydrogen-bond acceptors (Lipinski definition) is 3. The monoisotopic (exact) mass is 183 g/mol. The van der Waals surface area contributed by atoms with Gasteiger partial charge in [-0.05, 0) is 29.7 Å². The van der Waals surface area contributed by atoms with Crippen molar-refractivity contribution < 1.29 is 9.90 Å². The van der Waals surface area contributed by atoms with Crippen LogP contribution in [0.2, 0.25) is 0 Å². The third-order valence-corrected chi connectivity index (χ3v) is 2.91. The zero-order valence-corrected chi connectivity index (χ0v) is 7.23. The number of carboxylic acid groups (broad SMARTS) is 1. The first-order valence-electron chi connectivity index (χ1n) is 3.80. The van der Waals surface area contributed by atoms with Crippen LogP contribution < -0.4 is 5.73 Å². The lowest BCUT2D eigenvalue weighted by Crippen LogP contribution is -2.01. The van der Waals surface area contributed by atoms with Crippen LogP contribution in [0.4, 0.5) is 5.00 Å². The van der Waals surface area contributed by atoms with Gasteiger partial charge in [-0.25, -0.2) is 4.79 Å². The Bertz CT molecular complexity index is 328. The summed E-state index contributed by atoms with van der Waals surface area (Å²) in [7, 11) is 0. The van der Waals surface area contributed by atoms with Gasteiger partial charge in [-0.3, -0.25) is 0 Å². The summed E-state index contributed by atoms with van der Waals surface area (Å²) in [6.07, 6.45) is 2.22. The van der Waals surface area contributed by atoms with Crippen LogP contribution in [-0.4, -0.2) is 11.1 Å². The van der Waals surface area contributed by atoms with Crippen molar-refractivity contribution in [2.24, 2.45) is 0 Å². The highest BCUT2D eigenvalue weighted by Crippen LogP contribution is 2.44. The van der Waals surface area contributed by atoms with Crippen LogP contribution in [0.25, 0.3) is 0 Å². The molecule has 64 valence electrons. The number of anilines is 1. The van der Waals surface area contributed by atoms with Gasteiger partial charge in [0.2, 0.25) is 0 Å². The molecule has 1 aliphatic carbocycles. The summed E-state index contributed by atoms with van der Waals surface area (Å²) in [6.45, 7) is 0. The van der Waals surface area contributed by atoms with E-state index in [1.165, 1.54) is 11.3 Å². The fraction of sp³-hybridized carbons (Fsp3) is 0.375. The summed E-state index contributed by atoms with van der Waals surface area (Å²) < 4.78 is 0. The smallest absolute Gasteiger partial charge is 0.338 e. The zero-order valence-electron chi connectivity index (χ0n) is 6.41. The fourth-order valence-electron chi connectivity index (χ4n) is 1.31. The largest absolute Gasteiger partial charge is 0.478 e. The number of nitrogen functional groups attached to an aromatic ring is 1. The molecular weight excluding hydrogens is 174 g/mol. The zero-order chi connectivity index (χ0) is 8.72. The first-order chi connectivity index (χ1) is 5.70.